The van der Waals surface area contributed by atoms with Gasteiger partial charge in [-0.1, -0.05) is 13.8 Å². The Morgan fingerprint density at radius 2 is 1.80 bits per heavy atom. The van der Waals surface area contributed by atoms with Gasteiger partial charge in [-0.25, -0.2) is 14.8 Å². The zero-order valence-electron chi connectivity index (χ0n) is 18.8. The summed E-state index contributed by atoms with van der Waals surface area (Å²) in [6.45, 7) is 3.04. The maximum absolute atomic E-state index is 13.1. The van der Waals surface area contributed by atoms with E-state index in [4.69, 9.17) is 5.11 Å². The number of amides is 1. The van der Waals surface area contributed by atoms with Crippen molar-refractivity contribution in [3.8, 4) is 0 Å². The van der Waals surface area contributed by atoms with Crippen LogP contribution in [0, 0.1) is 5.92 Å². The van der Waals surface area contributed by atoms with E-state index in [1.165, 1.54) is 7.05 Å². The van der Waals surface area contributed by atoms with Crippen LogP contribution in [0.3, 0.4) is 0 Å². The highest BCUT2D eigenvalue weighted by molar-refractivity contribution is 5.97. The van der Waals surface area contributed by atoms with Crippen molar-refractivity contribution in [2.24, 2.45) is 5.92 Å². The molecule has 1 amide bonds. The lowest BCUT2D eigenvalue weighted by Crippen LogP contribution is -2.41. The molecule has 186 valence electrons. The van der Waals surface area contributed by atoms with Gasteiger partial charge >= 0.3 is 18.1 Å². The standard InChI is InChI=1S/C17H13F3N6O4.C4H8O/c1-21-16-24-12-11(13(27)25-16)23-9(6-22-12)7-26(15(30)17(18,19)20)10-4-2-8(3-5-10)14(28)29;1-4(2)3-5/h2-6H,7H2,1H3,(H,28,29)(H2,21,22,24,25,27);3-4H,1-2H3. The first-order valence-electron chi connectivity index (χ1n) is 9.98. The second kappa shape index (κ2) is 11.2. The van der Waals surface area contributed by atoms with Crippen molar-refractivity contribution in [1.29, 1.82) is 0 Å². The Kier molecular flexibility index (Phi) is 8.59. The minimum absolute atomic E-state index is 0.0358. The van der Waals surface area contributed by atoms with Gasteiger partial charge in [0.05, 0.1) is 24.0 Å². The summed E-state index contributed by atoms with van der Waals surface area (Å²) in [5.74, 6) is -3.13. The number of carboxylic acids is 1. The molecule has 0 saturated heterocycles. The van der Waals surface area contributed by atoms with Crippen LogP contribution in [-0.4, -0.2) is 56.4 Å². The summed E-state index contributed by atoms with van der Waals surface area (Å²) in [4.78, 5) is 59.1. The summed E-state index contributed by atoms with van der Waals surface area (Å²) in [7, 11) is 1.52. The van der Waals surface area contributed by atoms with E-state index in [2.05, 4.69) is 25.3 Å². The molecule has 0 atom stereocenters. The number of rotatable bonds is 6. The lowest BCUT2D eigenvalue weighted by Gasteiger charge is -2.23. The zero-order chi connectivity index (χ0) is 26.3. The normalized spacial score (nSPS) is 10.9. The summed E-state index contributed by atoms with van der Waals surface area (Å²) < 4.78 is 39.3. The molecule has 2 heterocycles. The van der Waals surface area contributed by atoms with Crippen LogP contribution >= 0.6 is 0 Å². The van der Waals surface area contributed by atoms with Gasteiger partial charge in [0.1, 0.15) is 6.29 Å². The van der Waals surface area contributed by atoms with Crippen LogP contribution < -0.4 is 15.8 Å². The highest BCUT2D eigenvalue weighted by Crippen LogP contribution is 2.25. The Morgan fingerprint density at radius 1 is 1.20 bits per heavy atom. The van der Waals surface area contributed by atoms with Gasteiger partial charge in [-0.3, -0.25) is 19.5 Å². The van der Waals surface area contributed by atoms with Gasteiger partial charge in [0.25, 0.3) is 5.56 Å². The molecule has 1 aromatic carbocycles. The van der Waals surface area contributed by atoms with Gasteiger partial charge < -0.3 is 15.2 Å². The van der Waals surface area contributed by atoms with Crippen LogP contribution in [0.1, 0.15) is 29.9 Å². The van der Waals surface area contributed by atoms with E-state index in [1.807, 2.05) is 13.8 Å². The first kappa shape index (κ1) is 26.9. The van der Waals surface area contributed by atoms with Crippen LogP contribution in [0.15, 0.2) is 35.3 Å². The van der Waals surface area contributed by atoms with E-state index in [-0.39, 0.29) is 40.0 Å². The van der Waals surface area contributed by atoms with Gasteiger partial charge in [-0.05, 0) is 24.3 Å². The number of fused-ring (bicyclic) bond motifs is 1. The maximum atomic E-state index is 13.1. The number of carbonyl (C=O) groups is 3. The fraction of sp³-hybridized carbons (Fsp3) is 0.286. The number of anilines is 2. The number of aldehydes is 1. The number of nitrogens with zero attached hydrogens (tertiary/aromatic N) is 4. The van der Waals surface area contributed by atoms with Crippen molar-refractivity contribution < 1.29 is 32.7 Å². The lowest BCUT2D eigenvalue weighted by molar-refractivity contribution is -0.170. The number of aromatic amines is 1. The van der Waals surface area contributed by atoms with Crippen molar-refractivity contribution in [2.45, 2.75) is 26.6 Å². The molecule has 0 aliphatic carbocycles. The number of aromatic nitrogens is 4. The highest BCUT2D eigenvalue weighted by Gasteiger charge is 2.43. The van der Waals surface area contributed by atoms with Gasteiger partial charge in [-0.15, -0.1) is 0 Å². The molecule has 35 heavy (non-hydrogen) atoms. The molecule has 3 rings (SSSR count). The molecular formula is C21H21F3N6O5. The molecule has 0 aliphatic heterocycles. The van der Waals surface area contributed by atoms with Crippen molar-refractivity contribution in [2.75, 3.05) is 17.3 Å². The summed E-state index contributed by atoms with van der Waals surface area (Å²) in [6.07, 6.45) is -3.19. The van der Waals surface area contributed by atoms with E-state index < -0.39 is 30.2 Å². The third-order valence-corrected chi connectivity index (χ3v) is 4.21. The Bertz CT molecular complexity index is 1280. The summed E-state index contributed by atoms with van der Waals surface area (Å²) >= 11 is 0. The molecule has 0 saturated carbocycles. The number of benzene rings is 1. The van der Waals surface area contributed by atoms with Crippen LogP contribution in [0.5, 0.6) is 0 Å². The SMILES string of the molecule is CC(C)C=O.CNc1nc2ncc(CN(C(=O)C(F)(F)F)c3ccc(C(=O)O)cc3)nc2c(=O)[nH]1. The van der Waals surface area contributed by atoms with Crippen molar-refractivity contribution >= 4 is 41.0 Å². The fourth-order valence-electron chi connectivity index (χ4n) is 2.53. The smallest absolute Gasteiger partial charge is 0.471 e. The monoisotopic (exact) mass is 494 g/mol. The van der Waals surface area contributed by atoms with E-state index >= 15 is 0 Å². The molecule has 0 bridgehead atoms. The molecule has 3 N–H and O–H groups in total. The second-order valence-corrected chi connectivity index (χ2v) is 7.32. The molecule has 0 unspecified atom stereocenters. The molecule has 2 aromatic heterocycles. The predicted molar refractivity (Wildman–Crippen MR) is 119 cm³/mol. The molecule has 14 heteroatoms. The van der Waals surface area contributed by atoms with Gasteiger partial charge in [0.15, 0.2) is 11.2 Å². The van der Waals surface area contributed by atoms with Gasteiger partial charge in [-0.2, -0.15) is 18.2 Å². The van der Waals surface area contributed by atoms with Crippen molar-refractivity contribution in [3.05, 3.63) is 52.1 Å². The highest BCUT2D eigenvalue weighted by atomic mass is 19.4. The maximum Gasteiger partial charge on any atom is 0.471 e. The quantitative estimate of drug-likeness (QED) is 0.438. The number of halogens is 3. The molecule has 3 aromatic rings. The number of alkyl halides is 3. The molecular weight excluding hydrogens is 473 g/mol. The van der Waals surface area contributed by atoms with Crippen LogP contribution in [0.25, 0.3) is 11.2 Å². The molecule has 0 fully saturated rings. The first-order chi connectivity index (χ1) is 16.4. The van der Waals surface area contributed by atoms with Gasteiger partial charge in [0, 0.05) is 18.7 Å². The van der Waals surface area contributed by atoms with Crippen LogP contribution in [-0.2, 0) is 16.1 Å². The minimum atomic E-state index is -5.20. The molecule has 0 aliphatic rings. The minimum Gasteiger partial charge on any atom is -0.478 e. The summed E-state index contributed by atoms with van der Waals surface area (Å²) in [5.41, 5.74) is -1.40. The number of carbonyl (C=O) groups excluding carboxylic acids is 2. The number of carboxylic acid groups (broad SMARTS) is 1. The average molecular weight is 494 g/mol. The average Bonchev–Trinajstić information content (AvgIpc) is 2.82. The van der Waals surface area contributed by atoms with Crippen molar-refractivity contribution in [3.63, 3.8) is 0 Å². The van der Waals surface area contributed by atoms with Crippen LogP contribution in [0.2, 0.25) is 0 Å². The van der Waals surface area contributed by atoms with E-state index in [9.17, 15) is 32.3 Å². The third kappa shape index (κ3) is 7.06. The molecule has 0 spiro atoms. The Labute approximate surface area is 196 Å². The fourth-order valence-corrected chi connectivity index (χ4v) is 2.53. The topological polar surface area (TPSA) is 158 Å². The number of hydrogen-bond donors (Lipinski definition) is 3. The summed E-state index contributed by atoms with van der Waals surface area (Å²) in [5, 5.41) is 11.5. The van der Waals surface area contributed by atoms with E-state index in [0.717, 1.165) is 36.7 Å². The van der Waals surface area contributed by atoms with Crippen molar-refractivity contribution in [1.82, 2.24) is 19.9 Å². The number of nitrogens with one attached hydrogen (secondary N) is 2. The Hall–Kier alpha value is -4.36. The largest absolute Gasteiger partial charge is 0.478 e. The molecule has 11 nitrogen and oxygen atoms in total. The van der Waals surface area contributed by atoms with Gasteiger partial charge in [0.2, 0.25) is 5.95 Å². The Balaban J connectivity index is 0.000000784. The lowest BCUT2D eigenvalue weighted by atomic mass is 10.2. The second-order valence-electron chi connectivity index (χ2n) is 7.32. The zero-order valence-corrected chi connectivity index (χ0v) is 18.8. The Morgan fingerprint density at radius 3 is 2.29 bits per heavy atom. The summed E-state index contributed by atoms with van der Waals surface area (Å²) in [6, 6.07) is 4.26. The van der Waals surface area contributed by atoms with E-state index in [1.54, 1.807) is 0 Å². The van der Waals surface area contributed by atoms with Crippen LogP contribution in [0.4, 0.5) is 24.8 Å². The number of aromatic carboxylic acids is 1. The number of H-pyrrole nitrogens is 1. The van der Waals surface area contributed by atoms with E-state index in [0.29, 0.717) is 4.90 Å². The number of hydrogen-bond acceptors (Lipinski definition) is 8. The first-order valence-corrected chi connectivity index (χ1v) is 9.98. The third-order valence-electron chi connectivity index (χ3n) is 4.21. The predicted octanol–water partition coefficient (Wildman–Crippen LogP) is 2.39. The molecule has 0 radical (unpaired) electrons.